The van der Waals surface area contributed by atoms with Gasteiger partial charge in [-0.15, -0.1) is 0 Å². The number of aliphatic hydroxyl groups is 2. The lowest BCUT2D eigenvalue weighted by atomic mass is 9.84. The summed E-state index contributed by atoms with van der Waals surface area (Å²) in [7, 11) is 0. The van der Waals surface area contributed by atoms with Crippen molar-refractivity contribution >= 4 is 23.5 Å². The fraction of sp³-hybridized carbons (Fsp3) is 0.542. The summed E-state index contributed by atoms with van der Waals surface area (Å²) in [5.41, 5.74) is 1.28. The minimum Gasteiger partial charge on any atom is -0.494 e. The van der Waals surface area contributed by atoms with E-state index in [0.29, 0.717) is 29.0 Å². The monoisotopic (exact) mass is 476 g/mol. The molecule has 0 bridgehead atoms. The number of anilines is 1. The number of benzene rings is 1. The number of amides is 1. The zero-order chi connectivity index (χ0) is 23.8. The number of halogens is 1. The SMILES string of the molecule is Cc1cc(OCCC(C)C2CCN(c3ncc(Cl)cn3)CC2)ccc1C(=O)NC(CO)CO. The number of aliphatic hydroxyl groups excluding tert-OH is 2. The summed E-state index contributed by atoms with van der Waals surface area (Å²) >= 11 is 5.88. The van der Waals surface area contributed by atoms with Gasteiger partial charge in [-0.3, -0.25) is 4.79 Å². The number of rotatable bonds is 10. The van der Waals surface area contributed by atoms with Crippen LogP contribution in [0.2, 0.25) is 5.02 Å². The Balaban J connectivity index is 1.43. The van der Waals surface area contributed by atoms with Gasteiger partial charge in [0.15, 0.2) is 0 Å². The van der Waals surface area contributed by atoms with Gasteiger partial charge < -0.3 is 25.2 Å². The van der Waals surface area contributed by atoms with Crippen molar-refractivity contribution in [2.45, 2.75) is 39.2 Å². The average Bonchev–Trinajstić information content (AvgIpc) is 2.83. The third-order valence-corrected chi connectivity index (χ3v) is 6.49. The van der Waals surface area contributed by atoms with E-state index in [1.54, 1.807) is 24.5 Å². The molecule has 1 aliphatic rings. The second-order valence-corrected chi connectivity index (χ2v) is 9.09. The van der Waals surface area contributed by atoms with Crippen molar-refractivity contribution in [2.75, 3.05) is 37.8 Å². The van der Waals surface area contributed by atoms with Crippen LogP contribution < -0.4 is 15.0 Å². The first-order chi connectivity index (χ1) is 15.9. The average molecular weight is 477 g/mol. The van der Waals surface area contributed by atoms with Gasteiger partial charge in [-0.1, -0.05) is 18.5 Å². The first-order valence-corrected chi connectivity index (χ1v) is 11.8. The maximum Gasteiger partial charge on any atom is 0.251 e. The fourth-order valence-electron chi connectivity index (χ4n) is 4.13. The zero-order valence-electron chi connectivity index (χ0n) is 19.2. The van der Waals surface area contributed by atoms with Gasteiger partial charge in [0, 0.05) is 18.7 Å². The van der Waals surface area contributed by atoms with E-state index in [4.69, 9.17) is 26.6 Å². The van der Waals surface area contributed by atoms with Crippen LogP contribution in [0.25, 0.3) is 0 Å². The number of hydrogen-bond donors (Lipinski definition) is 3. The molecule has 0 spiro atoms. The summed E-state index contributed by atoms with van der Waals surface area (Å²) in [5.74, 6) is 2.32. The van der Waals surface area contributed by atoms with Crippen molar-refractivity contribution in [2.24, 2.45) is 11.8 Å². The number of aromatic nitrogens is 2. The minimum atomic E-state index is -0.667. The van der Waals surface area contributed by atoms with E-state index in [-0.39, 0.29) is 19.1 Å². The molecular weight excluding hydrogens is 444 g/mol. The van der Waals surface area contributed by atoms with Gasteiger partial charge in [0.05, 0.1) is 43.3 Å². The summed E-state index contributed by atoms with van der Waals surface area (Å²) in [4.78, 5) is 23.2. The van der Waals surface area contributed by atoms with Gasteiger partial charge in [-0.25, -0.2) is 9.97 Å². The maximum absolute atomic E-state index is 12.3. The molecule has 1 atom stereocenters. The summed E-state index contributed by atoms with van der Waals surface area (Å²) in [5, 5.41) is 21.4. The molecule has 0 radical (unpaired) electrons. The van der Waals surface area contributed by atoms with Crippen molar-refractivity contribution in [3.63, 3.8) is 0 Å². The maximum atomic E-state index is 12.3. The van der Waals surface area contributed by atoms with Crippen LogP contribution >= 0.6 is 11.6 Å². The molecule has 3 rings (SSSR count). The van der Waals surface area contributed by atoms with E-state index < -0.39 is 6.04 Å². The van der Waals surface area contributed by atoms with Crippen molar-refractivity contribution < 1.29 is 19.7 Å². The van der Waals surface area contributed by atoms with Crippen LogP contribution in [-0.2, 0) is 0 Å². The highest BCUT2D eigenvalue weighted by Gasteiger charge is 2.25. The predicted molar refractivity (Wildman–Crippen MR) is 128 cm³/mol. The molecule has 180 valence electrons. The van der Waals surface area contributed by atoms with Gasteiger partial charge >= 0.3 is 0 Å². The Morgan fingerprint density at radius 2 is 1.91 bits per heavy atom. The first-order valence-electron chi connectivity index (χ1n) is 11.4. The van der Waals surface area contributed by atoms with Crippen molar-refractivity contribution in [3.05, 3.63) is 46.7 Å². The van der Waals surface area contributed by atoms with Crippen molar-refractivity contribution in [1.29, 1.82) is 0 Å². The Morgan fingerprint density at radius 1 is 1.24 bits per heavy atom. The lowest BCUT2D eigenvalue weighted by molar-refractivity contribution is 0.0878. The van der Waals surface area contributed by atoms with Gasteiger partial charge in [0.1, 0.15) is 5.75 Å². The topological polar surface area (TPSA) is 108 Å². The van der Waals surface area contributed by atoms with E-state index in [0.717, 1.165) is 49.6 Å². The van der Waals surface area contributed by atoms with Crippen LogP contribution in [0.1, 0.15) is 42.1 Å². The Labute approximate surface area is 200 Å². The normalized spacial score (nSPS) is 15.5. The molecule has 3 N–H and O–H groups in total. The Bertz CT molecular complexity index is 900. The number of nitrogens with zero attached hydrogens (tertiary/aromatic N) is 3. The summed E-state index contributed by atoms with van der Waals surface area (Å²) < 4.78 is 5.95. The number of hydrogen-bond acceptors (Lipinski definition) is 7. The van der Waals surface area contributed by atoms with E-state index in [1.165, 1.54) is 0 Å². The molecule has 1 aliphatic heterocycles. The Hall–Kier alpha value is -2.42. The molecule has 2 heterocycles. The highest BCUT2D eigenvalue weighted by Crippen LogP contribution is 2.29. The van der Waals surface area contributed by atoms with E-state index >= 15 is 0 Å². The van der Waals surface area contributed by atoms with Crippen LogP contribution in [0.3, 0.4) is 0 Å². The highest BCUT2D eigenvalue weighted by atomic mass is 35.5. The lowest BCUT2D eigenvalue weighted by Gasteiger charge is -2.34. The van der Waals surface area contributed by atoms with Gasteiger partial charge in [-0.2, -0.15) is 0 Å². The number of carbonyl (C=O) groups is 1. The largest absolute Gasteiger partial charge is 0.494 e. The van der Waals surface area contributed by atoms with E-state index in [9.17, 15) is 4.79 Å². The molecule has 1 unspecified atom stereocenters. The second-order valence-electron chi connectivity index (χ2n) is 8.65. The molecule has 1 aromatic carbocycles. The van der Waals surface area contributed by atoms with Crippen molar-refractivity contribution in [3.8, 4) is 5.75 Å². The van der Waals surface area contributed by atoms with Crippen LogP contribution in [0.5, 0.6) is 5.75 Å². The molecular formula is C24H33ClN4O4. The molecule has 0 aliphatic carbocycles. The number of nitrogens with one attached hydrogen (secondary N) is 1. The molecule has 33 heavy (non-hydrogen) atoms. The molecule has 0 saturated carbocycles. The summed E-state index contributed by atoms with van der Waals surface area (Å²) in [6, 6.07) is 4.67. The van der Waals surface area contributed by atoms with Crippen LogP contribution in [0.15, 0.2) is 30.6 Å². The summed E-state index contributed by atoms with van der Waals surface area (Å²) in [6.07, 6.45) is 6.42. The lowest BCUT2D eigenvalue weighted by Crippen LogP contribution is -2.40. The van der Waals surface area contributed by atoms with Crippen molar-refractivity contribution in [1.82, 2.24) is 15.3 Å². The highest BCUT2D eigenvalue weighted by molar-refractivity contribution is 6.30. The predicted octanol–water partition coefficient (Wildman–Crippen LogP) is 2.84. The van der Waals surface area contributed by atoms with Crippen LogP contribution in [-0.4, -0.2) is 65.0 Å². The second kappa shape index (κ2) is 12.2. The van der Waals surface area contributed by atoms with Gasteiger partial charge in [0.25, 0.3) is 5.91 Å². The van der Waals surface area contributed by atoms with E-state index in [1.807, 2.05) is 13.0 Å². The van der Waals surface area contributed by atoms with Crippen LogP contribution in [0, 0.1) is 18.8 Å². The quantitative estimate of drug-likeness (QED) is 0.484. The number of carbonyl (C=O) groups excluding carboxylic acids is 1. The van der Waals surface area contributed by atoms with Gasteiger partial charge in [-0.05, 0) is 61.8 Å². The smallest absolute Gasteiger partial charge is 0.251 e. The van der Waals surface area contributed by atoms with Crippen LogP contribution in [0.4, 0.5) is 5.95 Å². The Morgan fingerprint density at radius 3 is 2.52 bits per heavy atom. The third kappa shape index (κ3) is 7.03. The molecule has 1 fully saturated rings. The molecule has 1 aromatic heterocycles. The third-order valence-electron chi connectivity index (χ3n) is 6.29. The number of aryl methyl sites for hydroxylation is 1. The standard InChI is InChI=1S/C24H33ClN4O4/c1-16(18-5-8-29(9-6-18)24-26-12-19(25)13-27-24)7-10-33-21-3-4-22(17(2)11-21)23(32)28-20(14-30)15-31/h3-4,11-13,16,18,20,30-31H,5-10,14-15H2,1-2H3,(H,28,32). The molecule has 1 saturated heterocycles. The fourth-order valence-corrected chi connectivity index (χ4v) is 4.23. The van der Waals surface area contributed by atoms with E-state index in [2.05, 4.69) is 27.1 Å². The number of ether oxygens (including phenoxy) is 1. The van der Waals surface area contributed by atoms with Gasteiger partial charge in [0.2, 0.25) is 5.95 Å². The first kappa shape index (κ1) is 25.2. The Kier molecular flexibility index (Phi) is 9.29. The summed E-state index contributed by atoms with van der Waals surface area (Å²) in [6.45, 7) is 5.99. The minimum absolute atomic E-state index is 0.311. The molecule has 2 aromatic rings. The molecule has 1 amide bonds. The molecule has 8 nitrogen and oxygen atoms in total. The number of piperidine rings is 1. The molecule has 9 heteroatoms. The zero-order valence-corrected chi connectivity index (χ0v) is 20.0.